The number of nitrogens with one attached hydrogen (secondary N) is 1. The van der Waals surface area contributed by atoms with Gasteiger partial charge in [0, 0.05) is 4.47 Å². The number of rotatable bonds is 5. The van der Waals surface area contributed by atoms with Gasteiger partial charge in [0.2, 0.25) is 0 Å². The Morgan fingerprint density at radius 2 is 2.05 bits per heavy atom. The van der Waals surface area contributed by atoms with Gasteiger partial charge in [0.25, 0.3) is 0 Å². The lowest BCUT2D eigenvalue weighted by molar-refractivity contribution is 0.408. The van der Waals surface area contributed by atoms with Gasteiger partial charge >= 0.3 is 0 Å². The highest BCUT2D eigenvalue weighted by molar-refractivity contribution is 9.10. The molecule has 1 aromatic carbocycles. The van der Waals surface area contributed by atoms with Gasteiger partial charge in [-0.05, 0) is 65.3 Å². The lowest BCUT2D eigenvalue weighted by Gasteiger charge is -2.15. The van der Waals surface area contributed by atoms with E-state index in [1.807, 2.05) is 37.4 Å². The van der Waals surface area contributed by atoms with E-state index in [1.54, 1.807) is 7.11 Å². The fourth-order valence-electron chi connectivity index (χ4n) is 1.91. The molecular weight excluding hydrogens is 374 g/mol. The van der Waals surface area contributed by atoms with E-state index >= 15 is 0 Å². The van der Waals surface area contributed by atoms with Gasteiger partial charge in [0.1, 0.15) is 11.5 Å². The summed E-state index contributed by atoms with van der Waals surface area (Å²) in [4.78, 5) is 0. The molecule has 0 saturated carbocycles. The molecule has 0 fully saturated rings. The van der Waals surface area contributed by atoms with Crippen molar-refractivity contribution in [2.24, 2.45) is 0 Å². The average molecular weight is 389 g/mol. The maximum atomic E-state index is 5.61. The fraction of sp³-hybridized carbons (Fsp3) is 0.286. The third-order valence-corrected chi connectivity index (χ3v) is 4.16. The Morgan fingerprint density at radius 1 is 1.26 bits per heavy atom. The minimum Gasteiger partial charge on any atom is -0.497 e. The largest absolute Gasteiger partial charge is 0.497 e. The molecule has 0 saturated heterocycles. The summed E-state index contributed by atoms with van der Waals surface area (Å²) >= 11 is 6.90. The minimum atomic E-state index is 0.120. The SMILES string of the molecule is CNC(Cc1cc(OC)ccc1Br)c1ccc(Br)o1. The number of likely N-dealkylation sites (N-methyl/N-ethyl adjacent to an activating group) is 1. The highest BCUT2D eigenvalue weighted by Gasteiger charge is 2.16. The molecule has 5 heteroatoms. The van der Waals surface area contributed by atoms with Gasteiger partial charge in [-0.3, -0.25) is 0 Å². The molecule has 3 nitrogen and oxygen atoms in total. The monoisotopic (exact) mass is 387 g/mol. The molecule has 1 unspecified atom stereocenters. The maximum Gasteiger partial charge on any atom is 0.169 e. The van der Waals surface area contributed by atoms with E-state index in [9.17, 15) is 0 Å². The van der Waals surface area contributed by atoms with Crippen LogP contribution in [0, 0.1) is 0 Å². The molecule has 0 radical (unpaired) electrons. The maximum absolute atomic E-state index is 5.61. The zero-order valence-electron chi connectivity index (χ0n) is 10.7. The van der Waals surface area contributed by atoms with Crippen molar-refractivity contribution in [3.8, 4) is 5.75 Å². The smallest absolute Gasteiger partial charge is 0.169 e. The Hall–Kier alpha value is -0.780. The molecule has 2 rings (SSSR count). The molecule has 0 amide bonds. The average Bonchev–Trinajstić information content (AvgIpc) is 2.84. The second-order valence-electron chi connectivity index (χ2n) is 4.14. The first kappa shape index (κ1) is 14.6. The van der Waals surface area contributed by atoms with Crippen LogP contribution in [-0.2, 0) is 6.42 Å². The highest BCUT2D eigenvalue weighted by Crippen LogP contribution is 2.28. The van der Waals surface area contributed by atoms with E-state index in [1.165, 1.54) is 5.56 Å². The Labute approximate surface area is 129 Å². The minimum absolute atomic E-state index is 0.120. The van der Waals surface area contributed by atoms with Crippen LogP contribution in [0.15, 0.2) is 43.9 Å². The van der Waals surface area contributed by atoms with Crippen molar-refractivity contribution in [2.75, 3.05) is 14.2 Å². The Balaban J connectivity index is 2.23. The second-order valence-corrected chi connectivity index (χ2v) is 5.78. The second kappa shape index (κ2) is 6.59. The number of benzene rings is 1. The third kappa shape index (κ3) is 3.61. The van der Waals surface area contributed by atoms with Crippen molar-refractivity contribution in [3.63, 3.8) is 0 Å². The number of hydrogen-bond donors (Lipinski definition) is 1. The molecule has 2 aromatic rings. The van der Waals surface area contributed by atoms with Gasteiger partial charge < -0.3 is 14.5 Å². The van der Waals surface area contributed by atoms with Crippen LogP contribution in [0.5, 0.6) is 5.75 Å². The fourth-order valence-corrected chi connectivity index (χ4v) is 2.64. The molecule has 1 aromatic heterocycles. The van der Waals surface area contributed by atoms with Crippen LogP contribution in [0.3, 0.4) is 0 Å². The van der Waals surface area contributed by atoms with E-state index in [4.69, 9.17) is 9.15 Å². The highest BCUT2D eigenvalue weighted by atomic mass is 79.9. The predicted molar refractivity (Wildman–Crippen MR) is 82.6 cm³/mol. The van der Waals surface area contributed by atoms with Crippen LogP contribution >= 0.6 is 31.9 Å². The molecule has 0 aliphatic rings. The van der Waals surface area contributed by atoms with E-state index in [0.717, 1.165) is 27.1 Å². The number of halogens is 2. The van der Waals surface area contributed by atoms with Crippen molar-refractivity contribution in [3.05, 3.63) is 50.8 Å². The van der Waals surface area contributed by atoms with Gasteiger partial charge in [-0.1, -0.05) is 15.9 Å². The summed E-state index contributed by atoms with van der Waals surface area (Å²) in [7, 11) is 3.60. The number of furan rings is 1. The van der Waals surface area contributed by atoms with E-state index < -0.39 is 0 Å². The summed E-state index contributed by atoms with van der Waals surface area (Å²) in [5.74, 6) is 1.76. The van der Waals surface area contributed by atoms with Crippen LogP contribution in [-0.4, -0.2) is 14.2 Å². The first-order valence-corrected chi connectivity index (χ1v) is 7.47. The standard InChI is InChI=1S/C14H15Br2NO2/c1-17-12(13-5-6-14(16)19-13)8-9-7-10(18-2)3-4-11(9)15/h3-7,12,17H,8H2,1-2H3. The molecule has 1 N–H and O–H groups in total. The van der Waals surface area contributed by atoms with Gasteiger partial charge in [0.05, 0.1) is 13.2 Å². The first-order valence-electron chi connectivity index (χ1n) is 5.89. The summed E-state index contributed by atoms with van der Waals surface area (Å²) in [6.45, 7) is 0. The van der Waals surface area contributed by atoms with Crippen molar-refractivity contribution < 1.29 is 9.15 Å². The van der Waals surface area contributed by atoms with E-state index in [0.29, 0.717) is 0 Å². The van der Waals surface area contributed by atoms with E-state index in [2.05, 4.69) is 37.2 Å². The first-order chi connectivity index (χ1) is 9.13. The topological polar surface area (TPSA) is 34.4 Å². The third-order valence-electron chi connectivity index (χ3n) is 2.96. The van der Waals surface area contributed by atoms with Gasteiger partial charge in [-0.25, -0.2) is 0 Å². The zero-order chi connectivity index (χ0) is 13.8. The summed E-state index contributed by atoms with van der Waals surface area (Å²) in [5, 5.41) is 3.27. The number of methoxy groups -OCH3 is 1. The van der Waals surface area contributed by atoms with Crippen LogP contribution < -0.4 is 10.1 Å². The number of hydrogen-bond acceptors (Lipinski definition) is 3. The molecule has 0 bridgehead atoms. The zero-order valence-corrected chi connectivity index (χ0v) is 13.9. The quantitative estimate of drug-likeness (QED) is 0.828. The van der Waals surface area contributed by atoms with Gasteiger partial charge in [-0.15, -0.1) is 0 Å². The predicted octanol–water partition coefficient (Wildman–Crippen LogP) is 4.32. The molecule has 1 atom stereocenters. The Bertz CT molecular complexity index is 554. The Morgan fingerprint density at radius 3 is 2.63 bits per heavy atom. The molecule has 19 heavy (non-hydrogen) atoms. The van der Waals surface area contributed by atoms with Crippen molar-refractivity contribution in [1.82, 2.24) is 5.32 Å². The Kier molecular flexibility index (Phi) is 5.07. The van der Waals surface area contributed by atoms with Crippen LogP contribution in [0.4, 0.5) is 0 Å². The summed E-state index contributed by atoms with van der Waals surface area (Å²) in [5.41, 5.74) is 1.17. The van der Waals surface area contributed by atoms with Crippen LogP contribution in [0.25, 0.3) is 0 Å². The van der Waals surface area contributed by atoms with Crippen molar-refractivity contribution in [1.29, 1.82) is 0 Å². The molecular formula is C14H15Br2NO2. The van der Waals surface area contributed by atoms with Gasteiger partial charge in [-0.2, -0.15) is 0 Å². The van der Waals surface area contributed by atoms with Crippen LogP contribution in [0.1, 0.15) is 17.4 Å². The lowest BCUT2D eigenvalue weighted by atomic mass is 10.0. The normalized spacial score (nSPS) is 12.4. The van der Waals surface area contributed by atoms with Crippen molar-refractivity contribution >= 4 is 31.9 Å². The molecule has 0 aliphatic heterocycles. The van der Waals surface area contributed by atoms with Crippen LogP contribution in [0.2, 0.25) is 0 Å². The lowest BCUT2D eigenvalue weighted by Crippen LogP contribution is -2.18. The summed E-state index contributed by atoms with van der Waals surface area (Å²) < 4.78 is 12.7. The van der Waals surface area contributed by atoms with E-state index in [-0.39, 0.29) is 6.04 Å². The molecule has 0 spiro atoms. The molecule has 1 heterocycles. The van der Waals surface area contributed by atoms with Gasteiger partial charge in [0.15, 0.2) is 4.67 Å². The molecule has 102 valence electrons. The van der Waals surface area contributed by atoms with Crippen molar-refractivity contribution in [2.45, 2.75) is 12.5 Å². The molecule has 0 aliphatic carbocycles. The number of ether oxygens (including phenoxy) is 1. The summed E-state index contributed by atoms with van der Waals surface area (Å²) in [6.07, 6.45) is 0.814. The summed E-state index contributed by atoms with van der Waals surface area (Å²) in [6, 6.07) is 9.96.